The van der Waals surface area contributed by atoms with Gasteiger partial charge in [0.1, 0.15) is 6.10 Å². The zero-order valence-corrected chi connectivity index (χ0v) is 10.6. The Morgan fingerprint density at radius 1 is 1.50 bits per heavy atom. The minimum absolute atomic E-state index is 0.0830. The first kappa shape index (κ1) is 12.8. The van der Waals surface area contributed by atoms with Crippen molar-refractivity contribution in [3.8, 4) is 0 Å². The lowest BCUT2D eigenvalue weighted by Gasteiger charge is -2.33. The zero-order chi connectivity index (χ0) is 13.0. The highest BCUT2D eigenvalue weighted by molar-refractivity contribution is 5.75. The first-order valence-electron chi connectivity index (χ1n) is 6.14. The minimum atomic E-state index is -0.143. The number of ether oxygens (including phenoxy) is 2. The maximum atomic E-state index is 10.9. The summed E-state index contributed by atoms with van der Waals surface area (Å²) < 4.78 is 10.9. The summed E-state index contributed by atoms with van der Waals surface area (Å²) in [6.07, 6.45) is 0.982. The van der Waals surface area contributed by atoms with E-state index in [0.29, 0.717) is 13.0 Å². The molecule has 3 heteroatoms. The van der Waals surface area contributed by atoms with Crippen LogP contribution in [0.2, 0.25) is 0 Å². The van der Waals surface area contributed by atoms with Gasteiger partial charge in [0.2, 0.25) is 0 Å². The third kappa shape index (κ3) is 3.44. The first-order valence-corrected chi connectivity index (χ1v) is 6.14. The third-order valence-electron chi connectivity index (χ3n) is 2.92. The molecule has 1 heterocycles. The van der Waals surface area contributed by atoms with Crippen molar-refractivity contribution in [2.75, 3.05) is 0 Å². The van der Waals surface area contributed by atoms with Crippen molar-refractivity contribution < 1.29 is 14.3 Å². The number of rotatable bonds is 6. The topological polar surface area (TPSA) is 35.5 Å². The molecule has 96 valence electrons. The summed E-state index contributed by atoms with van der Waals surface area (Å²) in [7, 11) is 0. The summed E-state index contributed by atoms with van der Waals surface area (Å²) >= 11 is 0. The molecule has 3 nitrogen and oxygen atoms in total. The Balaban J connectivity index is 1.89. The van der Waals surface area contributed by atoms with Gasteiger partial charge in [0.05, 0.1) is 19.1 Å². The number of carbonyl (C=O) groups is 1. The van der Waals surface area contributed by atoms with Gasteiger partial charge in [-0.1, -0.05) is 35.9 Å². The van der Waals surface area contributed by atoms with Crippen LogP contribution in [0.5, 0.6) is 0 Å². The van der Waals surface area contributed by atoms with Crippen molar-refractivity contribution in [1.29, 1.82) is 0 Å². The van der Waals surface area contributed by atoms with Crippen LogP contribution >= 0.6 is 0 Å². The second kappa shape index (κ2) is 5.83. The number of benzene rings is 1. The van der Waals surface area contributed by atoms with E-state index in [2.05, 4.69) is 6.58 Å². The van der Waals surface area contributed by atoms with Gasteiger partial charge in [0.15, 0.2) is 0 Å². The second-order valence-corrected chi connectivity index (χ2v) is 4.73. The van der Waals surface area contributed by atoms with Gasteiger partial charge >= 0.3 is 5.97 Å². The maximum absolute atomic E-state index is 10.9. The molecule has 0 spiro atoms. The minimum Gasteiger partial charge on any atom is -0.459 e. The molecule has 2 rings (SSSR count). The van der Waals surface area contributed by atoms with Crippen LogP contribution in [0, 0.1) is 0 Å². The molecule has 1 aromatic rings. The van der Waals surface area contributed by atoms with E-state index >= 15 is 0 Å². The van der Waals surface area contributed by atoms with Crippen molar-refractivity contribution in [2.45, 2.75) is 38.6 Å². The first-order chi connectivity index (χ1) is 8.65. The van der Waals surface area contributed by atoms with Gasteiger partial charge in [-0.3, -0.25) is 4.79 Å². The molecule has 0 N–H and O–H groups in total. The number of carbonyl (C=O) groups excluding carboxylic acids is 1. The predicted octanol–water partition coefficient (Wildman–Crippen LogP) is 2.85. The lowest BCUT2D eigenvalue weighted by atomic mass is 10.00. The molecule has 0 amide bonds. The van der Waals surface area contributed by atoms with Gasteiger partial charge < -0.3 is 9.47 Å². The Morgan fingerprint density at radius 3 is 2.72 bits per heavy atom. The summed E-state index contributed by atoms with van der Waals surface area (Å²) in [5, 5.41) is 0. The fourth-order valence-electron chi connectivity index (χ4n) is 1.95. The van der Waals surface area contributed by atoms with Gasteiger partial charge in [-0.2, -0.15) is 0 Å². The van der Waals surface area contributed by atoms with Gasteiger partial charge in [0.25, 0.3) is 0 Å². The Kier molecular flexibility index (Phi) is 4.15. The van der Waals surface area contributed by atoms with E-state index in [4.69, 9.17) is 9.47 Å². The Morgan fingerprint density at radius 2 is 2.17 bits per heavy atom. The summed E-state index contributed by atoms with van der Waals surface area (Å²) in [4.78, 5) is 10.9. The smallest absolute Gasteiger partial charge is 0.310 e. The second-order valence-electron chi connectivity index (χ2n) is 4.73. The molecule has 1 saturated heterocycles. The average Bonchev–Trinajstić information content (AvgIpc) is 2.32. The van der Waals surface area contributed by atoms with E-state index < -0.39 is 0 Å². The summed E-state index contributed by atoms with van der Waals surface area (Å²) in [5.74, 6) is -0.143. The van der Waals surface area contributed by atoms with Gasteiger partial charge in [-0.05, 0) is 18.9 Å². The van der Waals surface area contributed by atoms with Crippen LogP contribution in [0.25, 0.3) is 0 Å². The van der Waals surface area contributed by atoms with Crippen molar-refractivity contribution in [2.24, 2.45) is 0 Å². The number of hydrogen-bond donors (Lipinski definition) is 0. The van der Waals surface area contributed by atoms with Crippen LogP contribution < -0.4 is 0 Å². The van der Waals surface area contributed by atoms with Crippen LogP contribution in [0.4, 0.5) is 0 Å². The normalized spacial score (nSPS) is 19.8. The Hall–Kier alpha value is -1.61. The van der Waals surface area contributed by atoms with Crippen LogP contribution in [-0.4, -0.2) is 18.2 Å². The van der Waals surface area contributed by atoms with Crippen molar-refractivity contribution in [3.05, 3.63) is 48.0 Å². The Bertz CT molecular complexity index is 417. The van der Waals surface area contributed by atoms with Crippen molar-refractivity contribution in [1.82, 2.24) is 0 Å². The van der Waals surface area contributed by atoms with Crippen LogP contribution in [0.3, 0.4) is 0 Å². The monoisotopic (exact) mass is 246 g/mol. The van der Waals surface area contributed by atoms with Crippen LogP contribution in [0.15, 0.2) is 42.5 Å². The highest BCUT2D eigenvalue weighted by Crippen LogP contribution is 2.24. The molecule has 0 aromatic heterocycles. The molecule has 0 bridgehead atoms. The molecule has 1 aromatic carbocycles. The van der Waals surface area contributed by atoms with E-state index in [1.807, 2.05) is 37.3 Å². The number of esters is 1. The molecule has 0 unspecified atom stereocenters. The fraction of sp³-hybridized carbons (Fsp3) is 0.400. The molecule has 1 aliphatic rings. The molecular formula is C15H18O3. The average molecular weight is 246 g/mol. The zero-order valence-electron chi connectivity index (χ0n) is 10.6. The van der Waals surface area contributed by atoms with Gasteiger partial charge in [0, 0.05) is 0 Å². The van der Waals surface area contributed by atoms with Crippen molar-refractivity contribution >= 4 is 5.97 Å². The van der Waals surface area contributed by atoms with E-state index in [1.54, 1.807) is 0 Å². The molecule has 0 radical (unpaired) electrons. The van der Waals surface area contributed by atoms with E-state index in [-0.39, 0.29) is 18.2 Å². The largest absolute Gasteiger partial charge is 0.459 e. The van der Waals surface area contributed by atoms with Gasteiger partial charge in [-0.25, -0.2) is 0 Å². The summed E-state index contributed by atoms with van der Waals surface area (Å²) in [6.45, 7) is 6.38. The molecule has 0 aliphatic carbocycles. The molecule has 18 heavy (non-hydrogen) atoms. The Labute approximate surface area is 107 Å². The van der Waals surface area contributed by atoms with Crippen LogP contribution in [-0.2, 0) is 20.9 Å². The highest BCUT2D eigenvalue weighted by atomic mass is 16.6. The maximum Gasteiger partial charge on any atom is 0.310 e. The number of hydrogen-bond acceptors (Lipinski definition) is 3. The fourth-order valence-corrected chi connectivity index (χ4v) is 1.95. The van der Waals surface area contributed by atoms with Crippen molar-refractivity contribution in [3.63, 3.8) is 0 Å². The molecule has 1 aliphatic heterocycles. The standard InChI is InChI=1S/C15H18O3/c1-11(2)8-13(14-9-15(16)18-14)17-10-12-6-4-3-5-7-12/h3-7,13-14H,1,8-10H2,2H3/t13-,14-/m0/s1. The summed E-state index contributed by atoms with van der Waals surface area (Å²) in [6, 6.07) is 9.98. The molecule has 2 atom stereocenters. The predicted molar refractivity (Wildman–Crippen MR) is 68.9 cm³/mol. The van der Waals surface area contributed by atoms with E-state index in [0.717, 1.165) is 17.6 Å². The third-order valence-corrected chi connectivity index (χ3v) is 2.92. The van der Waals surface area contributed by atoms with E-state index in [1.165, 1.54) is 0 Å². The summed E-state index contributed by atoms with van der Waals surface area (Å²) in [5.41, 5.74) is 2.16. The SMILES string of the molecule is C=C(C)C[C@H](OCc1ccccc1)[C@@H]1CC(=O)O1. The molecule has 0 saturated carbocycles. The van der Waals surface area contributed by atoms with Gasteiger partial charge in [-0.15, -0.1) is 6.58 Å². The highest BCUT2D eigenvalue weighted by Gasteiger charge is 2.36. The van der Waals surface area contributed by atoms with Crippen LogP contribution in [0.1, 0.15) is 25.3 Å². The quantitative estimate of drug-likeness (QED) is 0.572. The number of cyclic esters (lactones) is 1. The molecule has 1 fully saturated rings. The van der Waals surface area contributed by atoms with E-state index in [9.17, 15) is 4.79 Å². The lowest BCUT2D eigenvalue weighted by molar-refractivity contribution is -0.185. The molecular weight excluding hydrogens is 228 g/mol. The lowest BCUT2D eigenvalue weighted by Crippen LogP contribution is -2.43.